The second kappa shape index (κ2) is 9.66. The second-order valence-electron chi connectivity index (χ2n) is 6.10. The molecule has 0 unspecified atom stereocenters. The Kier molecular flexibility index (Phi) is 7.85. The van der Waals surface area contributed by atoms with Crippen LogP contribution in [0.3, 0.4) is 0 Å². The molecule has 1 saturated heterocycles. The monoisotopic (exact) mass is 404 g/mol. The number of ether oxygens (including phenoxy) is 1. The summed E-state index contributed by atoms with van der Waals surface area (Å²) in [6, 6.07) is 4.25. The van der Waals surface area contributed by atoms with E-state index in [0.717, 1.165) is 32.8 Å². The fourth-order valence-corrected chi connectivity index (χ4v) is 4.60. The zero-order valence-electron chi connectivity index (χ0n) is 15.3. The summed E-state index contributed by atoms with van der Waals surface area (Å²) in [6.45, 7) is 8.90. The Morgan fingerprint density at radius 3 is 2.54 bits per heavy atom. The molecule has 0 saturated carbocycles. The molecule has 1 aromatic rings. The van der Waals surface area contributed by atoms with Crippen LogP contribution < -0.4 is 10.2 Å². The van der Waals surface area contributed by atoms with Crippen molar-refractivity contribution in [3.05, 3.63) is 28.8 Å². The summed E-state index contributed by atoms with van der Waals surface area (Å²) in [5, 5.41) is 3.07. The van der Waals surface area contributed by atoms with Crippen LogP contribution in [0, 0.1) is 0 Å². The smallest absolute Gasteiger partial charge is 0.253 e. The predicted molar refractivity (Wildman–Crippen MR) is 100 cm³/mol. The number of hydrogen-bond donors (Lipinski definition) is 2. The van der Waals surface area contributed by atoms with Crippen molar-refractivity contribution in [3.8, 4) is 0 Å². The van der Waals surface area contributed by atoms with Crippen molar-refractivity contribution in [1.29, 1.82) is 0 Å². The zero-order valence-corrected chi connectivity index (χ0v) is 16.8. The van der Waals surface area contributed by atoms with Gasteiger partial charge in [0, 0.05) is 13.1 Å². The van der Waals surface area contributed by atoms with Crippen molar-refractivity contribution in [2.75, 3.05) is 52.5 Å². The van der Waals surface area contributed by atoms with Gasteiger partial charge in [0.2, 0.25) is 10.0 Å². The van der Waals surface area contributed by atoms with Gasteiger partial charge in [-0.15, -0.1) is 0 Å². The Morgan fingerprint density at radius 2 is 1.92 bits per heavy atom. The molecule has 0 bridgehead atoms. The van der Waals surface area contributed by atoms with Crippen LogP contribution in [0.1, 0.15) is 24.2 Å². The molecule has 0 aliphatic carbocycles. The molecule has 1 fully saturated rings. The number of sulfonamides is 1. The molecule has 26 heavy (non-hydrogen) atoms. The molecule has 146 valence electrons. The summed E-state index contributed by atoms with van der Waals surface area (Å²) in [4.78, 5) is 13.9. The van der Waals surface area contributed by atoms with Crippen LogP contribution in [0.25, 0.3) is 0 Å². The first-order valence-corrected chi connectivity index (χ1v) is 10.7. The number of amides is 1. The molecule has 0 aromatic heterocycles. The lowest BCUT2D eigenvalue weighted by Gasteiger charge is -2.23. The van der Waals surface area contributed by atoms with Crippen LogP contribution in [0.2, 0.25) is 5.02 Å². The molecule has 1 aliphatic rings. The first-order chi connectivity index (χ1) is 12.4. The van der Waals surface area contributed by atoms with E-state index in [4.69, 9.17) is 16.3 Å². The summed E-state index contributed by atoms with van der Waals surface area (Å²) >= 11 is 6.13. The van der Waals surface area contributed by atoms with Gasteiger partial charge in [-0.3, -0.25) is 4.79 Å². The number of quaternary nitrogens is 1. The molecule has 1 amide bonds. The van der Waals surface area contributed by atoms with Gasteiger partial charge >= 0.3 is 0 Å². The number of carbonyl (C=O) groups excluding carboxylic acids is 1. The number of morpholine rings is 1. The van der Waals surface area contributed by atoms with E-state index in [2.05, 4.69) is 5.32 Å². The number of hydrogen-bond acceptors (Lipinski definition) is 4. The number of halogens is 1. The molecule has 0 radical (unpaired) electrons. The van der Waals surface area contributed by atoms with E-state index >= 15 is 0 Å². The highest BCUT2D eigenvalue weighted by molar-refractivity contribution is 7.89. The van der Waals surface area contributed by atoms with E-state index in [0.29, 0.717) is 19.6 Å². The Bertz CT molecular complexity index is 717. The topological polar surface area (TPSA) is 80.2 Å². The standard InChI is InChI=1S/C17H26ClN3O4S/c1-3-21(4-2)26(23,24)14-5-6-16(18)15(13-14)17(22)19-7-8-20-9-11-25-12-10-20/h5-6,13H,3-4,7-12H2,1-2H3,(H,19,22)/p+1. The van der Waals surface area contributed by atoms with Crippen LogP contribution in [-0.2, 0) is 14.8 Å². The summed E-state index contributed by atoms with van der Waals surface area (Å²) < 4.78 is 31.9. The van der Waals surface area contributed by atoms with Crippen molar-refractivity contribution >= 4 is 27.5 Å². The number of nitrogens with zero attached hydrogens (tertiary/aromatic N) is 1. The van der Waals surface area contributed by atoms with Crippen LogP contribution in [0.5, 0.6) is 0 Å². The van der Waals surface area contributed by atoms with Crippen molar-refractivity contribution in [1.82, 2.24) is 9.62 Å². The van der Waals surface area contributed by atoms with Gasteiger partial charge in [0.1, 0.15) is 13.1 Å². The Hall–Kier alpha value is -1.19. The first-order valence-electron chi connectivity index (χ1n) is 8.89. The minimum absolute atomic E-state index is 0.0783. The molecule has 1 heterocycles. The third-order valence-corrected chi connectivity index (χ3v) is 6.87. The molecular weight excluding hydrogens is 378 g/mol. The number of carbonyl (C=O) groups is 1. The SMILES string of the molecule is CCN(CC)S(=O)(=O)c1ccc(Cl)c(C(=O)NCC[NH+]2CCOCC2)c1. The van der Waals surface area contributed by atoms with Gasteiger partial charge in [0.25, 0.3) is 5.91 Å². The minimum Gasteiger partial charge on any atom is -0.370 e. The molecule has 9 heteroatoms. The van der Waals surface area contributed by atoms with Gasteiger partial charge in [-0.05, 0) is 18.2 Å². The first kappa shape index (κ1) is 21.1. The fraction of sp³-hybridized carbons (Fsp3) is 0.588. The lowest BCUT2D eigenvalue weighted by atomic mass is 10.2. The maximum Gasteiger partial charge on any atom is 0.253 e. The van der Waals surface area contributed by atoms with E-state index in [-0.39, 0.29) is 21.4 Å². The molecule has 1 aromatic carbocycles. The maximum absolute atomic E-state index is 12.6. The summed E-state index contributed by atoms with van der Waals surface area (Å²) in [7, 11) is -3.63. The van der Waals surface area contributed by atoms with Crippen LogP contribution >= 0.6 is 11.6 Å². The lowest BCUT2D eigenvalue weighted by molar-refractivity contribution is -0.906. The van der Waals surface area contributed by atoms with E-state index < -0.39 is 10.0 Å². The van der Waals surface area contributed by atoms with Crippen molar-refractivity contribution in [2.24, 2.45) is 0 Å². The number of rotatable bonds is 8. The molecule has 2 N–H and O–H groups in total. The highest BCUT2D eigenvalue weighted by Gasteiger charge is 2.24. The largest absolute Gasteiger partial charge is 0.370 e. The number of benzene rings is 1. The Morgan fingerprint density at radius 1 is 1.27 bits per heavy atom. The highest BCUT2D eigenvalue weighted by Crippen LogP contribution is 2.23. The number of nitrogens with one attached hydrogen (secondary N) is 2. The van der Waals surface area contributed by atoms with E-state index in [9.17, 15) is 13.2 Å². The van der Waals surface area contributed by atoms with Gasteiger partial charge in [-0.25, -0.2) is 8.42 Å². The average Bonchev–Trinajstić information content (AvgIpc) is 2.63. The van der Waals surface area contributed by atoms with Gasteiger partial charge in [0.05, 0.1) is 41.8 Å². The average molecular weight is 405 g/mol. The third-order valence-electron chi connectivity index (χ3n) is 4.49. The fourth-order valence-electron chi connectivity index (χ4n) is 2.91. The van der Waals surface area contributed by atoms with E-state index in [1.54, 1.807) is 13.8 Å². The van der Waals surface area contributed by atoms with E-state index in [1.165, 1.54) is 27.4 Å². The van der Waals surface area contributed by atoms with Crippen molar-refractivity contribution in [3.63, 3.8) is 0 Å². The Balaban J connectivity index is 2.07. The molecular formula is C17H27ClN3O4S+. The summed E-state index contributed by atoms with van der Waals surface area (Å²) in [5.41, 5.74) is 0.178. The van der Waals surface area contributed by atoms with Crippen LogP contribution in [0.4, 0.5) is 0 Å². The normalized spacial score (nSPS) is 16.0. The predicted octanol–water partition coefficient (Wildman–Crippen LogP) is 0.0154. The zero-order chi connectivity index (χ0) is 19.2. The quantitative estimate of drug-likeness (QED) is 0.640. The van der Waals surface area contributed by atoms with Gasteiger partial charge in [-0.1, -0.05) is 25.4 Å². The third kappa shape index (κ3) is 5.17. The maximum atomic E-state index is 12.6. The molecule has 0 atom stereocenters. The van der Waals surface area contributed by atoms with Gasteiger partial charge < -0.3 is 15.0 Å². The molecule has 2 rings (SSSR count). The lowest BCUT2D eigenvalue weighted by Crippen LogP contribution is -3.14. The van der Waals surface area contributed by atoms with Crippen molar-refractivity contribution in [2.45, 2.75) is 18.7 Å². The molecule has 0 spiro atoms. The highest BCUT2D eigenvalue weighted by atomic mass is 35.5. The summed E-state index contributed by atoms with van der Waals surface area (Å²) in [6.07, 6.45) is 0. The van der Waals surface area contributed by atoms with Gasteiger partial charge in [-0.2, -0.15) is 4.31 Å². The molecule has 7 nitrogen and oxygen atoms in total. The van der Waals surface area contributed by atoms with E-state index in [1.807, 2.05) is 0 Å². The summed E-state index contributed by atoms with van der Waals surface area (Å²) in [5.74, 6) is -0.362. The van der Waals surface area contributed by atoms with Crippen LogP contribution in [-0.4, -0.2) is 71.1 Å². The van der Waals surface area contributed by atoms with Crippen molar-refractivity contribution < 1.29 is 22.8 Å². The molecule has 1 aliphatic heterocycles. The van der Waals surface area contributed by atoms with Gasteiger partial charge in [0.15, 0.2) is 0 Å². The minimum atomic E-state index is -3.63. The van der Waals surface area contributed by atoms with Crippen LogP contribution in [0.15, 0.2) is 23.1 Å². The second-order valence-corrected chi connectivity index (χ2v) is 8.44. The Labute approximate surface area is 160 Å².